The number of hydrogen-bond acceptors (Lipinski definition) is 0. The first-order valence-corrected chi connectivity index (χ1v) is 8.94. The van der Waals surface area contributed by atoms with Crippen LogP contribution in [-0.2, 0) is 0 Å². The van der Waals surface area contributed by atoms with E-state index in [4.69, 9.17) is 0 Å². The summed E-state index contributed by atoms with van der Waals surface area (Å²) in [4.78, 5) is 0. The average Bonchev–Trinajstić information content (AvgIpc) is 2.49. The van der Waals surface area contributed by atoms with E-state index >= 15 is 0 Å². The molecule has 0 aromatic rings. The summed E-state index contributed by atoms with van der Waals surface area (Å²) in [5.74, 6) is 1.80. The predicted octanol–water partition coefficient (Wildman–Crippen LogP) is 5.89. The highest BCUT2D eigenvalue weighted by molar-refractivity contribution is 7.19. The van der Waals surface area contributed by atoms with Crippen LogP contribution in [0.3, 0.4) is 0 Å². The monoisotopic (exact) mass is 278 g/mol. The van der Waals surface area contributed by atoms with Crippen molar-refractivity contribution < 1.29 is 0 Å². The molecule has 0 radical (unpaired) electrons. The van der Waals surface area contributed by atoms with E-state index in [9.17, 15) is 0 Å². The van der Waals surface area contributed by atoms with E-state index in [2.05, 4.69) is 40.5 Å². The minimum atomic E-state index is 0.375. The number of hydrogen-bond donors (Lipinski definition) is 0. The topological polar surface area (TPSA) is 0 Å². The molecule has 2 rings (SSSR count). The van der Waals surface area contributed by atoms with Crippen LogP contribution in [0.1, 0.15) is 71.1 Å². The van der Waals surface area contributed by atoms with Gasteiger partial charge in [0.05, 0.1) is 0 Å². The van der Waals surface area contributed by atoms with Crippen molar-refractivity contribution in [2.45, 2.75) is 76.3 Å². The first-order valence-electron chi connectivity index (χ1n) is 8.37. The van der Waals surface area contributed by atoms with Crippen molar-refractivity contribution in [3.05, 3.63) is 24.3 Å². The predicted molar refractivity (Wildman–Crippen MR) is 89.5 cm³/mol. The SMILES string of the molecule is CC=CC=CC(P)(C1CCCCC1)C1CCCCC1. The van der Waals surface area contributed by atoms with Gasteiger partial charge >= 0.3 is 0 Å². The summed E-state index contributed by atoms with van der Waals surface area (Å²) in [6, 6.07) is 0. The van der Waals surface area contributed by atoms with Gasteiger partial charge < -0.3 is 0 Å². The van der Waals surface area contributed by atoms with Crippen LogP contribution in [0.4, 0.5) is 0 Å². The van der Waals surface area contributed by atoms with Crippen molar-refractivity contribution in [2.24, 2.45) is 11.8 Å². The van der Waals surface area contributed by atoms with Gasteiger partial charge in [0, 0.05) is 5.16 Å². The van der Waals surface area contributed by atoms with Gasteiger partial charge in [-0.25, -0.2) is 0 Å². The van der Waals surface area contributed by atoms with E-state index in [1.54, 1.807) is 0 Å². The number of allylic oxidation sites excluding steroid dienone is 4. The molecule has 1 unspecified atom stereocenters. The van der Waals surface area contributed by atoms with Crippen LogP contribution in [0.25, 0.3) is 0 Å². The van der Waals surface area contributed by atoms with Gasteiger partial charge in [-0.3, -0.25) is 0 Å². The van der Waals surface area contributed by atoms with Gasteiger partial charge in [-0.2, -0.15) is 0 Å². The summed E-state index contributed by atoms with van der Waals surface area (Å²) in [5.41, 5.74) is 0. The van der Waals surface area contributed by atoms with Crippen LogP contribution in [0.15, 0.2) is 24.3 Å². The maximum Gasteiger partial charge on any atom is 0.00862 e. The third-order valence-corrected chi connectivity index (χ3v) is 6.45. The Morgan fingerprint density at radius 1 is 0.789 bits per heavy atom. The molecular formula is C18H31P. The second-order valence-corrected chi connectivity index (χ2v) is 7.55. The maximum absolute atomic E-state index is 3.30. The highest BCUT2D eigenvalue weighted by atomic mass is 31.0. The van der Waals surface area contributed by atoms with Gasteiger partial charge in [-0.1, -0.05) is 62.8 Å². The van der Waals surface area contributed by atoms with Crippen molar-refractivity contribution in [2.75, 3.05) is 0 Å². The van der Waals surface area contributed by atoms with Gasteiger partial charge in [-0.15, -0.1) is 9.24 Å². The molecule has 0 bridgehead atoms. The first kappa shape index (κ1) is 15.3. The lowest BCUT2D eigenvalue weighted by molar-refractivity contribution is 0.208. The third-order valence-electron chi connectivity index (χ3n) is 5.31. The molecule has 1 heteroatoms. The summed E-state index contributed by atoms with van der Waals surface area (Å²) in [6.07, 6.45) is 23.7. The quantitative estimate of drug-likeness (QED) is 0.444. The van der Waals surface area contributed by atoms with Crippen LogP contribution in [-0.4, -0.2) is 5.16 Å². The summed E-state index contributed by atoms with van der Waals surface area (Å²) in [6.45, 7) is 2.11. The molecule has 0 spiro atoms. The third kappa shape index (κ3) is 3.94. The molecule has 2 aliphatic carbocycles. The molecule has 0 saturated heterocycles. The summed E-state index contributed by atoms with van der Waals surface area (Å²) in [7, 11) is 3.30. The fourth-order valence-electron chi connectivity index (χ4n) is 4.14. The van der Waals surface area contributed by atoms with Crippen molar-refractivity contribution >= 4 is 9.24 Å². The Balaban J connectivity index is 2.14. The Kier molecular flexibility index (Phi) is 6.14. The molecule has 1 atom stereocenters. The zero-order valence-corrected chi connectivity index (χ0v) is 13.8. The van der Waals surface area contributed by atoms with Gasteiger partial charge in [0.15, 0.2) is 0 Å². The summed E-state index contributed by atoms with van der Waals surface area (Å²) in [5, 5.41) is 0.375. The number of rotatable bonds is 4. The molecule has 0 heterocycles. The lowest BCUT2D eigenvalue weighted by atomic mass is 9.68. The second-order valence-electron chi connectivity index (χ2n) is 6.55. The first-order chi connectivity index (χ1) is 9.27. The maximum atomic E-state index is 3.30. The van der Waals surface area contributed by atoms with Crippen molar-refractivity contribution in [1.82, 2.24) is 0 Å². The Morgan fingerprint density at radius 2 is 1.26 bits per heavy atom. The molecular weight excluding hydrogens is 247 g/mol. The standard InChI is InChI=1S/C18H31P/c1-2-3-10-15-18(19,16-11-6-4-7-12-16)17-13-8-5-9-14-17/h2-3,10,15-17H,4-9,11-14,19H2,1H3. The van der Waals surface area contributed by atoms with Crippen LogP contribution < -0.4 is 0 Å². The molecule has 0 amide bonds. The van der Waals surface area contributed by atoms with E-state index in [0.29, 0.717) is 5.16 Å². The van der Waals surface area contributed by atoms with E-state index in [1.807, 2.05) is 0 Å². The molecule has 2 saturated carbocycles. The Hall–Kier alpha value is -0.0900. The Labute approximate surface area is 122 Å². The highest BCUT2D eigenvalue weighted by Gasteiger charge is 2.39. The molecule has 0 aliphatic heterocycles. The normalized spacial score (nSPS) is 24.5. The van der Waals surface area contributed by atoms with Crippen molar-refractivity contribution in [3.63, 3.8) is 0 Å². The molecule has 19 heavy (non-hydrogen) atoms. The zero-order valence-electron chi connectivity index (χ0n) is 12.6. The van der Waals surface area contributed by atoms with Gasteiger partial charge in [0.1, 0.15) is 0 Å². The lowest BCUT2D eigenvalue weighted by Gasteiger charge is -2.45. The minimum Gasteiger partial charge on any atom is -0.126 e. The van der Waals surface area contributed by atoms with E-state index in [0.717, 1.165) is 11.8 Å². The smallest absolute Gasteiger partial charge is 0.00862 e. The van der Waals surface area contributed by atoms with Crippen LogP contribution in [0.2, 0.25) is 0 Å². The summed E-state index contributed by atoms with van der Waals surface area (Å²) >= 11 is 0. The van der Waals surface area contributed by atoms with Crippen LogP contribution >= 0.6 is 9.24 Å². The molecule has 2 aliphatic rings. The molecule has 0 aromatic heterocycles. The fraction of sp³-hybridized carbons (Fsp3) is 0.778. The van der Waals surface area contributed by atoms with E-state index in [-0.39, 0.29) is 0 Å². The summed E-state index contributed by atoms with van der Waals surface area (Å²) < 4.78 is 0. The zero-order chi connectivity index (χ0) is 13.6. The van der Waals surface area contributed by atoms with Crippen LogP contribution in [0, 0.1) is 11.8 Å². The van der Waals surface area contributed by atoms with E-state index < -0.39 is 0 Å². The fourth-order valence-corrected chi connectivity index (χ4v) is 4.92. The molecule has 0 nitrogen and oxygen atoms in total. The van der Waals surface area contributed by atoms with Gasteiger partial charge in [-0.05, 0) is 44.4 Å². The highest BCUT2D eigenvalue weighted by Crippen LogP contribution is 2.49. The average molecular weight is 278 g/mol. The van der Waals surface area contributed by atoms with Crippen molar-refractivity contribution in [1.29, 1.82) is 0 Å². The molecule has 0 N–H and O–H groups in total. The Morgan fingerprint density at radius 3 is 1.68 bits per heavy atom. The second kappa shape index (κ2) is 7.63. The molecule has 108 valence electrons. The van der Waals surface area contributed by atoms with Gasteiger partial charge in [0.25, 0.3) is 0 Å². The van der Waals surface area contributed by atoms with Crippen molar-refractivity contribution in [3.8, 4) is 0 Å². The largest absolute Gasteiger partial charge is 0.126 e. The molecule has 0 aromatic carbocycles. The molecule has 2 fully saturated rings. The van der Waals surface area contributed by atoms with Crippen LogP contribution in [0.5, 0.6) is 0 Å². The minimum absolute atomic E-state index is 0.375. The van der Waals surface area contributed by atoms with E-state index in [1.165, 1.54) is 64.2 Å². The van der Waals surface area contributed by atoms with Gasteiger partial charge in [0.2, 0.25) is 0 Å². The Bertz CT molecular complexity index is 286. The lowest BCUT2D eigenvalue weighted by Crippen LogP contribution is -2.39.